The van der Waals surface area contributed by atoms with Crippen molar-refractivity contribution in [3.63, 3.8) is 0 Å². The van der Waals surface area contributed by atoms with Gasteiger partial charge in [-0.3, -0.25) is 0 Å². The molecule has 0 N–H and O–H groups in total. The van der Waals surface area contributed by atoms with Gasteiger partial charge in [0.25, 0.3) is 0 Å². The van der Waals surface area contributed by atoms with Gasteiger partial charge in [0.15, 0.2) is 21.8 Å². The third kappa shape index (κ3) is 5.59. The van der Waals surface area contributed by atoms with Crippen molar-refractivity contribution in [2.75, 3.05) is 0 Å². The van der Waals surface area contributed by atoms with Gasteiger partial charge in [0.1, 0.15) is 0 Å². The average molecular weight is 474 g/mol. The van der Waals surface area contributed by atoms with Crippen LogP contribution in [0.25, 0.3) is 23.5 Å². The van der Waals surface area contributed by atoms with Crippen molar-refractivity contribution in [2.45, 2.75) is 15.0 Å². The summed E-state index contributed by atoms with van der Waals surface area (Å²) >= 11 is 30.1. The molecule has 0 atom stereocenters. The second kappa shape index (κ2) is 8.56. The van der Waals surface area contributed by atoms with E-state index < -0.39 is 8.13 Å². The molecule has 0 aliphatic carbocycles. The lowest BCUT2D eigenvalue weighted by Gasteiger charge is -2.16. The first-order chi connectivity index (χ1) is 13.1. The van der Waals surface area contributed by atoms with Crippen molar-refractivity contribution in [1.82, 2.24) is 15.0 Å². The molecule has 0 unspecified atom stereocenters. The highest BCUT2D eigenvalue weighted by atomic mass is 35.6. The molecule has 0 radical (unpaired) electrons. The van der Waals surface area contributed by atoms with Gasteiger partial charge in [-0.15, -0.1) is 0 Å². The van der Waals surface area contributed by atoms with Crippen molar-refractivity contribution in [3.05, 3.63) is 77.4 Å². The zero-order valence-corrected chi connectivity index (χ0v) is 18.4. The number of alkyl halides is 5. The quantitative estimate of drug-likeness (QED) is 0.297. The molecule has 0 amide bonds. The Morgan fingerprint density at radius 1 is 0.679 bits per heavy atom. The van der Waals surface area contributed by atoms with E-state index in [1.807, 2.05) is 66.7 Å². The average Bonchev–Trinajstić information content (AvgIpc) is 2.66. The maximum Gasteiger partial charge on any atom is 0.250 e. The number of hydrogen-bond donors (Lipinski definition) is 0. The molecule has 0 fully saturated rings. The van der Waals surface area contributed by atoms with Crippen LogP contribution < -0.4 is 0 Å². The Morgan fingerprint density at radius 3 is 1.75 bits per heavy atom. The molecule has 0 aliphatic heterocycles. The largest absolute Gasteiger partial charge is 0.250 e. The lowest BCUT2D eigenvalue weighted by Crippen LogP contribution is -2.18. The number of halogens is 5. The van der Waals surface area contributed by atoms with Crippen LogP contribution in [0.4, 0.5) is 0 Å². The summed E-state index contributed by atoms with van der Waals surface area (Å²) in [6, 6.07) is 17.6. The molecule has 1 heterocycles. The molecule has 3 rings (SSSR count). The summed E-state index contributed by atoms with van der Waals surface area (Å²) in [6.07, 6.45) is 4.04. The highest BCUT2D eigenvalue weighted by Crippen LogP contribution is 2.38. The Balaban J connectivity index is 1.94. The van der Waals surface area contributed by atoms with Crippen LogP contribution in [0.3, 0.4) is 0 Å². The fraction of sp³-hybridized carbons (Fsp3) is 0.150. The molecule has 144 valence electrons. The second-order valence-electron chi connectivity index (χ2n) is 6.06. The Kier molecular flexibility index (Phi) is 6.53. The number of aromatic nitrogens is 3. The number of hydrogen-bond acceptors (Lipinski definition) is 3. The van der Waals surface area contributed by atoms with Gasteiger partial charge in [0.2, 0.25) is 3.79 Å². The Labute approximate surface area is 188 Å². The molecule has 28 heavy (non-hydrogen) atoms. The summed E-state index contributed by atoms with van der Waals surface area (Å²) in [5.74, 6) is 0.380. The molecule has 0 saturated carbocycles. The van der Waals surface area contributed by atoms with Crippen LogP contribution >= 0.6 is 58.0 Å². The van der Waals surface area contributed by atoms with E-state index >= 15 is 0 Å². The molecule has 0 saturated heterocycles. The molecule has 3 aromatic rings. The van der Waals surface area contributed by atoms with Crippen LogP contribution in [-0.4, -0.2) is 15.0 Å². The van der Waals surface area contributed by atoms with Crippen LogP contribution in [0.15, 0.2) is 54.6 Å². The summed E-state index contributed by atoms with van der Waals surface area (Å²) in [5, 5.41) is 0. The maximum absolute atomic E-state index is 6.14. The summed E-state index contributed by atoms with van der Waals surface area (Å²) in [4.78, 5) is 12.7. The normalized spacial score (nSPS) is 12.5. The van der Waals surface area contributed by atoms with Crippen LogP contribution in [0.1, 0.15) is 29.7 Å². The van der Waals surface area contributed by atoms with E-state index in [2.05, 4.69) is 15.0 Å². The first-order valence-corrected chi connectivity index (χ1v) is 10.1. The van der Waals surface area contributed by atoms with Gasteiger partial charge < -0.3 is 0 Å². The van der Waals surface area contributed by atoms with Gasteiger partial charge in [-0.05, 0) is 18.1 Å². The molecule has 1 aromatic heterocycles. The first-order valence-electron chi connectivity index (χ1n) is 8.18. The molecule has 0 aliphatic rings. The highest BCUT2D eigenvalue weighted by molar-refractivity contribution is 6.66. The van der Waals surface area contributed by atoms with Crippen molar-refractivity contribution in [3.8, 4) is 11.4 Å². The minimum absolute atomic E-state index is 0.0434. The third-order valence-electron chi connectivity index (χ3n) is 3.72. The summed E-state index contributed by atoms with van der Waals surface area (Å²) in [7, 11) is 0. The minimum atomic E-state index is -1.83. The van der Waals surface area contributed by atoms with E-state index in [9.17, 15) is 0 Å². The van der Waals surface area contributed by atoms with Crippen molar-refractivity contribution < 1.29 is 0 Å². The molecule has 0 spiro atoms. The second-order valence-corrected chi connectivity index (χ2v) is 10.0. The van der Waals surface area contributed by atoms with Crippen molar-refractivity contribution >= 4 is 70.2 Å². The number of benzene rings is 2. The van der Waals surface area contributed by atoms with Crippen molar-refractivity contribution in [1.29, 1.82) is 0 Å². The monoisotopic (exact) mass is 471 g/mol. The van der Waals surface area contributed by atoms with Gasteiger partial charge in [-0.1, -0.05) is 125 Å². The lowest BCUT2D eigenvalue weighted by atomic mass is 10.1. The predicted molar refractivity (Wildman–Crippen MR) is 119 cm³/mol. The maximum atomic E-state index is 6.14. The summed E-state index contributed by atoms with van der Waals surface area (Å²) in [6.45, 7) is 1.54. The van der Waals surface area contributed by atoms with Gasteiger partial charge >= 0.3 is 0 Å². The standard InChI is InChI=1S/C20H14Cl5N3/c1-19(21,22)17-26-16(27-18(28-17)20(23,24)25)15-11-9-14(10-12-15)8-7-13-5-3-2-4-6-13/h2-12H,1H3/b8-7+. The molecule has 8 heteroatoms. The zero-order valence-electron chi connectivity index (χ0n) is 14.6. The van der Waals surface area contributed by atoms with Crippen LogP contribution in [-0.2, 0) is 8.13 Å². The first kappa shape index (κ1) is 21.4. The smallest absolute Gasteiger partial charge is 0.210 e. The van der Waals surface area contributed by atoms with E-state index in [1.54, 1.807) is 0 Å². The topological polar surface area (TPSA) is 38.7 Å². The minimum Gasteiger partial charge on any atom is -0.210 e. The zero-order chi connectivity index (χ0) is 20.4. The van der Waals surface area contributed by atoms with Crippen molar-refractivity contribution in [2.24, 2.45) is 0 Å². The highest BCUT2D eigenvalue weighted by Gasteiger charge is 2.32. The molecular formula is C20H14Cl5N3. The van der Waals surface area contributed by atoms with Crippen LogP contribution in [0.5, 0.6) is 0 Å². The third-order valence-corrected chi connectivity index (χ3v) is 4.56. The van der Waals surface area contributed by atoms with Gasteiger partial charge in [0, 0.05) is 5.56 Å². The van der Waals surface area contributed by atoms with E-state index in [-0.39, 0.29) is 11.6 Å². The van der Waals surface area contributed by atoms with E-state index in [4.69, 9.17) is 58.0 Å². The van der Waals surface area contributed by atoms with Crippen LogP contribution in [0.2, 0.25) is 0 Å². The fourth-order valence-corrected chi connectivity index (χ4v) is 2.75. The number of rotatable bonds is 4. The van der Waals surface area contributed by atoms with Crippen LogP contribution in [0, 0.1) is 0 Å². The predicted octanol–water partition coefficient (Wildman–Crippen LogP) is 7.19. The number of nitrogens with zero attached hydrogens (tertiary/aromatic N) is 3. The Morgan fingerprint density at radius 2 is 1.21 bits per heavy atom. The van der Waals surface area contributed by atoms with E-state index in [1.165, 1.54) is 6.92 Å². The summed E-state index contributed by atoms with van der Waals surface area (Å²) in [5.41, 5.74) is 2.85. The summed E-state index contributed by atoms with van der Waals surface area (Å²) < 4.78 is -3.19. The van der Waals surface area contributed by atoms with Gasteiger partial charge in [-0.2, -0.15) is 0 Å². The SMILES string of the molecule is CC(Cl)(Cl)c1nc(-c2ccc(/C=C/c3ccccc3)cc2)nc(C(Cl)(Cl)Cl)n1. The van der Waals surface area contributed by atoms with Gasteiger partial charge in [-0.25, -0.2) is 15.0 Å². The molecular weight excluding hydrogens is 460 g/mol. The Hall–Kier alpha value is -1.36. The Bertz CT molecular complexity index is 943. The lowest BCUT2D eigenvalue weighted by molar-refractivity contribution is 0.787. The molecule has 3 nitrogen and oxygen atoms in total. The fourth-order valence-electron chi connectivity index (χ4n) is 2.33. The molecule has 0 bridgehead atoms. The van der Waals surface area contributed by atoms with Gasteiger partial charge in [0.05, 0.1) is 0 Å². The molecule has 2 aromatic carbocycles. The van der Waals surface area contributed by atoms with E-state index in [0.29, 0.717) is 11.4 Å². The van der Waals surface area contributed by atoms with E-state index in [0.717, 1.165) is 11.1 Å².